The Morgan fingerprint density at radius 1 is 1.31 bits per heavy atom. The first kappa shape index (κ1) is 14.9. The summed E-state index contributed by atoms with van der Waals surface area (Å²) in [6.07, 6.45) is 3.19. The number of rotatable bonds is 8. The van der Waals surface area contributed by atoms with Gasteiger partial charge in [-0.05, 0) is 26.7 Å². The van der Waals surface area contributed by atoms with Gasteiger partial charge in [0.05, 0.1) is 0 Å². The zero-order chi connectivity index (χ0) is 12.8. The van der Waals surface area contributed by atoms with Gasteiger partial charge in [-0.2, -0.15) is 0 Å². The van der Waals surface area contributed by atoms with E-state index in [-0.39, 0.29) is 6.04 Å². The van der Waals surface area contributed by atoms with Crippen molar-refractivity contribution >= 4 is 12.4 Å². The monoisotopic (exact) mass is 229 g/mol. The van der Waals surface area contributed by atoms with Crippen LogP contribution in [0, 0.1) is 0 Å². The van der Waals surface area contributed by atoms with Crippen molar-refractivity contribution in [1.82, 2.24) is 4.90 Å². The van der Waals surface area contributed by atoms with Gasteiger partial charge in [-0.3, -0.25) is 4.79 Å². The third-order valence-electron chi connectivity index (χ3n) is 2.89. The Balaban J connectivity index is 5.27. The van der Waals surface area contributed by atoms with Crippen LogP contribution in [0.1, 0.15) is 53.4 Å². The van der Waals surface area contributed by atoms with Crippen LogP contribution < -0.4 is 0 Å². The van der Waals surface area contributed by atoms with Gasteiger partial charge in [-0.15, -0.1) is 0 Å². The molecule has 0 unspecified atom stereocenters. The van der Waals surface area contributed by atoms with Gasteiger partial charge in [-0.1, -0.05) is 26.7 Å². The summed E-state index contributed by atoms with van der Waals surface area (Å²) < 4.78 is 0. The highest BCUT2D eigenvalue weighted by molar-refractivity contribution is 5.81. The van der Waals surface area contributed by atoms with E-state index in [0.29, 0.717) is 19.3 Å². The van der Waals surface area contributed by atoms with E-state index in [0.717, 1.165) is 12.8 Å². The minimum atomic E-state index is -1.03. The Morgan fingerprint density at radius 3 is 1.94 bits per heavy atom. The molecule has 0 spiro atoms. The fourth-order valence-electron chi connectivity index (χ4n) is 2.25. The zero-order valence-electron chi connectivity index (χ0n) is 10.7. The summed E-state index contributed by atoms with van der Waals surface area (Å²) in [7, 11) is 0. The largest absolute Gasteiger partial charge is 0.479 e. The SMILES string of the molecule is CCCC(CCC)(C(=O)O)N(C=O)C(C)C. The number of carbonyl (C=O) groups is 2. The van der Waals surface area contributed by atoms with E-state index >= 15 is 0 Å². The molecule has 0 aromatic carbocycles. The molecule has 1 amide bonds. The van der Waals surface area contributed by atoms with Gasteiger partial charge in [0, 0.05) is 6.04 Å². The second kappa shape index (κ2) is 6.51. The Labute approximate surface area is 97.6 Å². The Bertz CT molecular complexity index is 232. The maximum atomic E-state index is 11.5. The first-order valence-corrected chi connectivity index (χ1v) is 5.93. The van der Waals surface area contributed by atoms with Crippen molar-refractivity contribution in [3.05, 3.63) is 0 Å². The van der Waals surface area contributed by atoms with E-state index in [2.05, 4.69) is 0 Å². The van der Waals surface area contributed by atoms with Crippen molar-refractivity contribution < 1.29 is 14.7 Å². The minimum absolute atomic E-state index is 0.0910. The van der Waals surface area contributed by atoms with Gasteiger partial charge in [0.1, 0.15) is 5.54 Å². The highest BCUT2D eigenvalue weighted by atomic mass is 16.4. The molecular weight excluding hydrogens is 206 g/mol. The van der Waals surface area contributed by atoms with Gasteiger partial charge in [0.2, 0.25) is 6.41 Å². The van der Waals surface area contributed by atoms with Crippen molar-refractivity contribution in [2.24, 2.45) is 0 Å². The molecule has 0 aromatic heterocycles. The normalized spacial score (nSPS) is 11.6. The number of hydrogen-bond donors (Lipinski definition) is 1. The molecule has 0 heterocycles. The fourth-order valence-corrected chi connectivity index (χ4v) is 2.25. The molecule has 0 radical (unpaired) electrons. The van der Waals surface area contributed by atoms with E-state index in [4.69, 9.17) is 0 Å². The molecule has 4 nitrogen and oxygen atoms in total. The number of nitrogens with zero attached hydrogens (tertiary/aromatic N) is 1. The highest BCUT2D eigenvalue weighted by Crippen LogP contribution is 2.28. The summed E-state index contributed by atoms with van der Waals surface area (Å²) in [6, 6.07) is -0.0910. The van der Waals surface area contributed by atoms with Crippen LogP contribution in [0.2, 0.25) is 0 Å². The number of aliphatic carboxylic acids is 1. The predicted molar refractivity (Wildman–Crippen MR) is 63.2 cm³/mol. The quantitative estimate of drug-likeness (QED) is 0.650. The third kappa shape index (κ3) is 2.97. The molecule has 4 heteroatoms. The van der Waals surface area contributed by atoms with Gasteiger partial charge in [0.15, 0.2) is 0 Å². The molecule has 0 rings (SSSR count). The molecule has 0 saturated carbocycles. The van der Waals surface area contributed by atoms with E-state index < -0.39 is 11.5 Å². The predicted octanol–water partition coefficient (Wildman–Crippen LogP) is 2.28. The van der Waals surface area contributed by atoms with Crippen LogP contribution >= 0.6 is 0 Å². The van der Waals surface area contributed by atoms with Gasteiger partial charge < -0.3 is 10.0 Å². The van der Waals surface area contributed by atoms with Crippen molar-refractivity contribution in [3.63, 3.8) is 0 Å². The summed E-state index contributed by atoms with van der Waals surface area (Å²) >= 11 is 0. The average Bonchev–Trinajstić information content (AvgIpc) is 2.18. The van der Waals surface area contributed by atoms with Crippen LogP contribution in [0.25, 0.3) is 0 Å². The standard InChI is InChI=1S/C12H23NO3/c1-5-7-12(8-6-2,11(15)16)13(9-14)10(3)4/h9-10H,5-8H2,1-4H3,(H,15,16). The van der Waals surface area contributed by atoms with Crippen molar-refractivity contribution in [2.75, 3.05) is 0 Å². The molecule has 94 valence electrons. The molecule has 0 aromatic rings. The maximum Gasteiger partial charge on any atom is 0.329 e. The van der Waals surface area contributed by atoms with E-state index in [1.807, 2.05) is 27.7 Å². The summed E-state index contributed by atoms with van der Waals surface area (Å²) in [5.74, 6) is -0.892. The summed E-state index contributed by atoms with van der Waals surface area (Å²) in [4.78, 5) is 24.1. The van der Waals surface area contributed by atoms with Gasteiger partial charge in [-0.25, -0.2) is 4.79 Å². The average molecular weight is 229 g/mol. The van der Waals surface area contributed by atoms with Gasteiger partial charge >= 0.3 is 5.97 Å². The molecule has 0 saturated heterocycles. The van der Waals surface area contributed by atoms with Crippen LogP contribution in [0.3, 0.4) is 0 Å². The molecule has 0 aliphatic rings. The lowest BCUT2D eigenvalue weighted by Gasteiger charge is -2.40. The molecular formula is C12H23NO3. The Kier molecular flexibility index (Phi) is 6.08. The Hall–Kier alpha value is -1.06. The molecule has 0 atom stereocenters. The third-order valence-corrected chi connectivity index (χ3v) is 2.89. The molecule has 0 fully saturated rings. The van der Waals surface area contributed by atoms with Crippen LogP contribution in [-0.4, -0.2) is 34.0 Å². The number of amides is 1. The zero-order valence-corrected chi connectivity index (χ0v) is 10.7. The summed E-state index contributed by atoms with van der Waals surface area (Å²) in [6.45, 7) is 7.57. The van der Waals surface area contributed by atoms with Crippen LogP contribution in [-0.2, 0) is 9.59 Å². The second-order valence-corrected chi connectivity index (χ2v) is 4.44. The van der Waals surface area contributed by atoms with Crippen molar-refractivity contribution in [1.29, 1.82) is 0 Å². The van der Waals surface area contributed by atoms with E-state index in [9.17, 15) is 14.7 Å². The molecule has 0 aliphatic carbocycles. The lowest BCUT2D eigenvalue weighted by atomic mass is 9.86. The fraction of sp³-hybridized carbons (Fsp3) is 0.833. The smallest absolute Gasteiger partial charge is 0.329 e. The highest BCUT2D eigenvalue weighted by Gasteiger charge is 2.43. The number of carbonyl (C=O) groups excluding carboxylic acids is 1. The summed E-state index contributed by atoms with van der Waals surface area (Å²) in [5.41, 5.74) is -1.03. The first-order chi connectivity index (χ1) is 7.46. The van der Waals surface area contributed by atoms with Gasteiger partial charge in [0.25, 0.3) is 0 Å². The van der Waals surface area contributed by atoms with Crippen molar-refractivity contribution in [2.45, 2.75) is 65.0 Å². The first-order valence-electron chi connectivity index (χ1n) is 5.93. The number of carboxylic acid groups (broad SMARTS) is 1. The second-order valence-electron chi connectivity index (χ2n) is 4.44. The summed E-state index contributed by atoms with van der Waals surface area (Å²) in [5, 5.41) is 9.44. The lowest BCUT2D eigenvalue weighted by Crippen LogP contribution is -2.56. The molecule has 0 bridgehead atoms. The lowest BCUT2D eigenvalue weighted by molar-refractivity contribution is -0.158. The Morgan fingerprint density at radius 2 is 1.75 bits per heavy atom. The van der Waals surface area contributed by atoms with Crippen LogP contribution in [0.5, 0.6) is 0 Å². The van der Waals surface area contributed by atoms with Crippen LogP contribution in [0.15, 0.2) is 0 Å². The molecule has 1 N–H and O–H groups in total. The maximum absolute atomic E-state index is 11.5. The number of hydrogen-bond acceptors (Lipinski definition) is 2. The molecule has 0 aliphatic heterocycles. The van der Waals surface area contributed by atoms with E-state index in [1.165, 1.54) is 4.90 Å². The van der Waals surface area contributed by atoms with Crippen molar-refractivity contribution in [3.8, 4) is 0 Å². The minimum Gasteiger partial charge on any atom is -0.479 e. The van der Waals surface area contributed by atoms with Crippen LogP contribution in [0.4, 0.5) is 0 Å². The van der Waals surface area contributed by atoms with E-state index in [1.54, 1.807) is 0 Å². The molecule has 16 heavy (non-hydrogen) atoms. The number of carboxylic acids is 1. The topological polar surface area (TPSA) is 57.6 Å².